The van der Waals surface area contributed by atoms with Crippen molar-refractivity contribution in [3.05, 3.63) is 53.6 Å². The third-order valence-electron chi connectivity index (χ3n) is 3.56. The summed E-state index contributed by atoms with van der Waals surface area (Å²) in [6, 6.07) is 11.5. The van der Waals surface area contributed by atoms with E-state index in [0.29, 0.717) is 22.6 Å². The second-order valence-corrected chi connectivity index (χ2v) is 7.57. The van der Waals surface area contributed by atoms with Gasteiger partial charge in [0.1, 0.15) is 5.75 Å². The number of nitrogens with zero attached hydrogens (tertiary/aromatic N) is 1. The number of methoxy groups -OCH3 is 1. The highest BCUT2D eigenvalue weighted by molar-refractivity contribution is 7.89. The number of hydrogen-bond acceptors (Lipinski definition) is 4. The molecule has 0 heterocycles. The van der Waals surface area contributed by atoms with E-state index in [4.69, 9.17) is 4.74 Å². The molecule has 1 N–H and O–H groups in total. The number of aryl methyl sites for hydroxylation is 1. The molecule has 128 valence electrons. The van der Waals surface area contributed by atoms with E-state index in [2.05, 4.69) is 5.32 Å². The van der Waals surface area contributed by atoms with Crippen LogP contribution in [0.15, 0.2) is 47.4 Å². The van der Waals surface area contributed by atoms with Crippen LogP contribution in [-0.2, 0) is 10.0 Å². The fourth-order valence-corrected chi connectivity index (χ4v) is 3.24. The molecule has 7 heteroatoms. The predicted octanol–water partition coefficient (Wildman–Crippen LogP) is 2.51. The summed E-state index contributed by atoms with van der Waals surface area (Å²) in [5.74, 6) is 0.330. The topological polar surface area (TPSA) is 75.7 Å². The minimum atomic E-state index is -3.57. The monoisotopic (exact) mass is 348 g/mol. The van der Waals surface area contributed by atoms with Gasteiger partial charge in [-0.15, -0.1) is 0 Å². The standard InChI is InChI=1S/C17H20N2O4S/c1-12-5-8-14(11-16(12)24(21,22)19(2)3)18-17(20)13-6-9-15(23-4)10-7-13/h5-11H,1-4H3,(H,18,20). The number of carbonyl (C=O) groups is 1. The van der Waals surface area contributed by atoms with E-state index >= 15 is 0 Å². The zero-order valence-electron chi connectivity index (χ0n) is 14.0. The Kier molecular flexibility index (Phi) is 5.26. The van der Waals surface area contributed by atoms with E-state index < -0.39 is 10.0 Å². The Morgan fingerprint density at radius 1 is 1.08 bits per heavy atom. The predicted molar refractivity (Wildman–Crippen MR) is 93.0 cm³/mol. The summed E-state index contributed by atoms with van der Waals surface area (Å²) in [7, 11) is 0.915. The fraction of sp³-hybridized carbons (Fsp3) is 0.235. The van der Waals surface area contributed by atoms with Crippen molar-refractivity contribution < 1.29 is 17.9 Å². The van der Waals surface area contributed by atoms with Gasteiger partial charge in [0.15, 0.2) is 0 Å². The van der Waals surface area contributed by atoms with Crippen LogP contribution in [0, 0.1) is 6.92 Å². The van der Waals surface area contributed by atoms with E-state index in [0.717, 1.165) is 4.31 Å². The molecule has 0 unspecified atom stereocenters. The maximum atomic E-state index is 12.3. The number of ether oxygens (including phenoxy) is 1. The summed E-state index contributed by atoms with van der Waals surface area (Å²) >= 11 is 0. The lowest BCUT2D eigenvalue weighted by Crippen LogP contribution is -2.23. The third kappa shape index (κ3) is 3.74. The molecule has 24 heavy (non-hydrogen) atoms. The maximum Gasteiger partial charge on any atom is 0.255 e. The average molecular weight is 348 g/mol. The SMILES string of the molecule is COc1ccc(C(=O)Nc2ccc(C)c(S(=O)(=O)N(C)C)c2)cc1. The first kappa shape index (κ1) is 18.0. The summed E-state index contributed by atoms with van der Waals surface area (Å²) in [6.45, 7) is 1.71. The van der Waals surface area contributed by atoms with Gasteiger partial charge < -0.3 is 10.1 Å². The molecule has 0 saturated heterocycles. The van der Waals surface area contributed by atoms with Crippen molar-refractivity contribution in [3.63, 3.8) is 0 Å². The molecule has 2 aromatic carbocycles. The molecular formula is C17H20N2O4S. The first-order chi connectivity index (χ1) is 11.3. The van der Waals surface area contributed by atoms with Crippen molar-refractivity contribution in [2.24, 2.45) is 0 Å². The van der Waals surface area contributed by atoms with Crippen molar-refractivity contribution >= 4 is 21.6 Å². The van der Waals surface area contributed by atoms with Crippen molar-refractivity contribution in [1.82, 2.24) is 4.31 Å². The molecule has 0 aromatic heterocycles. The molecular weight excluding hydrogens is 328 g/mol. The minimum absolute atomic E-state index is 0.167. The summed E-state index contributed by atoms with van der Waals surface area (Å²) in [6.07, 6.45) is 0. The smallest absolute Gasteiger partial charge is 0.255 e. The number of rotatable bonds is 5. The molecule has 0 aliphatic heterocycles. The van der Waals surface area contributed by atoms with Crippen LogP contribution in [0.5, 0.6) is 5.75 Å². The summed E-state index contributed by atoms with van der Waals surface area (Å²) in [5.41, 5.74) is 1.49. The number of benzene rings is 2. The molecule has 2 rings (SSSR count). The van der Waals surface area contributed by atoms with Crippen LogP contribution < -0.4 is 10.1 Å². The third-order valence-corrected chi connectivity index (χ3v) is 5.51. The summed E-state index contributed by atoms with van der Waals surface area (Å²) < 4.78 is 30.9. The highest BCUT2D eigenvalue weighted by atomic mass is 32.2. The lowest BCUT2D eigenvalue weighted by atomic mass is 10.2. The number of anilines is 1. The molecule has 0 aliphatic rings. The number of nitrogens with one attached hydrogen (secondary N) is 1. The molecule has 0 saturated carbocycles. The fourth-order valence-electron chi connectivity index (χ4n) is 2.10. The Bertz CT molecular complexity index is 843. The zero-order valence-corrected chi connectivity index (χ0v) is 14.8. The highest BCUT2D eigenvalue weighted by Crippen LogP contribution is 2.23. The van der Waals surface area contributed by atoms with E-state index in [1.807, 2.05) is 0 Å². The minimum Gasteiger partial charge on any atom is -0.497 e. The molecule has 0 atom stereocenters. The maximum absolute atomic E-state index is 12.3. The van der Waals surface area contributed by atoms with Crippen LogP contribution in [0.4, 0.5) is 5.69 Å². The van der Waals surface area contributed by atoms with Crippen LogP contribution in [0.3, 0.4) is 0 Å². The highest BCUT2D eigenvalue weighted by Gasteiger charge is 2.20. The van der Waals surface area contributed by atoms with Gasteiger partial charge in [-0.25, -0.2) is 12.7 Å². The molecule has 0 spiro atoms. The molecule has 0 fully saturated rings. The van der Waals surface area contributed by atoms with E-state index in [1.165, 1.54) is 20.2 Å². The Hall–Kier alpha value is -2.38. The number of sulfonamides is 1. The average Bonchev–Trinajstić information content (AvgIpc) is 2.56. The van der Waals surface area contributed by atoms with Gasteiger partial charge in [0.05, 0.1) is 12.0 Å². The molecule has 0 radical (unpaired) electrons. The first-order valence-electron chi connectivity index (χ1n) is 7.24. The summed E-state index contributed by atoms with van der Waals surface area (Å²) in [4.78, 5) is 12.4. The van der Waals surface area contributed by atoms with Crippen molar-refractivity contribution in [2.45, 2.75) is 11.8 Å². The van der Waals surface area contributed by atoms with Gasteiger partial charge in [-0.1, -0.05) is 6.07 Å². The molecule has 0 bridgehead atoms. The van der Waals surface area contributed by atoms with Gasteiger partial charge in [-0.3, -0.25) is 4.79 Å². The Balaban J connectivity index is 2.28. The van der Waals surface area contributed by atoms with Gasteiger partial charge in [0.25, 0.3) is 5.91 Å². The largest absolute Gasteiger partial charge is 0.497 e. The number of carbonyl (C=O) groups excluding carboxylic acids is 1. The molecule has 0 aliphatic carbocycles. The Morgan fingerprint density at radius 2 is 1.71 bits per heavy atom. The van der Waals surface area contributed by atoms with E-state index in [9.17, 15) is 13.2 Å². The van der Waals surface area contributed by atoms with Crippen molar-refractivity contribution in [2.75, 3.05) is 26.5 Å². The van der Waals surface area contributed by atoms with Crippen LogP contribution in [0.2, 0.25) is 0 Å². The van der Waals surface area contributed by atoms with Gasteiger partial charge >= 0.3 is 0 Å². The molecule has 6 nitrogen and oxygen atoms in total. The van der Waals surface area contributed by atoms with E-state index in [-0.39, 0.29) is 10.8 Å². The lowest BCUT2D eigenvalue weighted by Gasteiger charge is -2.15. The van der Waals surface area contributed by atoms with Crippen molar-refractivity contribution in [3.8, 4) is 5.75 Å². The van der Waals surface area contributed by atoms with Crippen LogP contribution in [0.25, 0.3) is 0 Å². The second kappa shape index (κ2) is 7.02. The summed E-state index contributed by atoms with van der Waals surface area (Å²) in [5, 5.41) is 2.71. The van der Waals surface area contributed by atoms with E-state index in [1.54, 1.807) is 50.4 Å². The van der Waals surface area contributed by atoms with Gasteiger partial charge in [-0.2, -0.15) is 0 Å². The first-order valence-corrected chi connectivity index (χ1v) is 8.68. The van der Waals surface area contributed by atoms with Crippen molar-refractivity contribution in [1.29, 1.82) is 0 Å². The number of hydrogen-bond donors (Lipinski definition) is 1. The Labute approximate surface area is 142 Å². The van der Waals surface area contributed by atoms with Crippen LogP contribution >= 0.6 is 0 Å². The lowest BCUT2D eigenvalue weighted by molar-refractivity contribution is 0.102. The normalized spacial score (nSPS) is 11.4. The zero-order chi connectivity index (χ0) is 17.9. The molecule has 2 aromatic rings. The van der Waals surface area contributed by atoms with Gasteiger partial charge in [-0.05, 0) is 48.9 Å². The van der Waals surface area contributed by atoms with Crippen LogP contribution in [-0.4, -0.2) is 39.8 Å². The quantitative estimate of drug-likeness (QED) is 0.901. The van der Waals surface area contributed by atoms with Crippen LogP contribution in [0.1, 0.15) is 15.9 Å². The molecule has 1 amide bonds. The Morgan fingerprint density at radius 3 is 2.25 bits per heavy atom. The van der Waals surface area contributed by atoms with Gasteiger partial charge in [0, 0.05) is 25.3 Å². The second-order valence-electron chi connectivity index (χ2n) is 5.45. The van der Waals surface area contributed by atoms with Gasteiger partial charge in [0.2, 0.25) is 10.0 Å². The number of amides is 1.